The molecule has 3 rings (SSSR count). The summed E-state index contributed by atoms with van der Waals surface area (Å²) in [4.78, 5) is 18.3. The minimum atomic E-state index is -0.0790. The van der Waals surface area contributed by atoms with Crippen molar-refractivity contribution in [2.45, 2.75) is 17.1 Å². The molecule has 0 aliphatic heterocycles. The number of nitrogens with zero attached hydrogens (tertiary/aromatic N) is 3. The number of aromatic nitrogens is 2. The van der Waals surface area contributed by atoms with Gasteiger partial charge in [0.15, 0.2) is 0 Å². The van der Waals surface area contributed by atoms with Gasteiger partial charge in [0, 0.05) is 19.7 Å². The monoisotopic (exact) mass is 323 g/mol. The van der Waals surface area contributed by atoms with Gasteiger partial charge >= 0.3 is 0 Å². The quantitative estimate of drug-likeness (QED) is 0.643. The number of amides is 1. The molecule has 112 valence electrons. The lowest BCUT2D eigenvalue weighted by Crippen LogP contribution is -2.25. The summed E-state index contributed by atoms with van der Waals surface area (Å²) in [6.07, 6.45) is 5.79. The Morgan fingerprint density at radius 1 is 1.52 bits per heavy atom. The molecule has 0 aromatic carbocycles. The van der Waals surface area contributed by atoms with Crippen molar-refractivity contribution in [1.29, 1.82) is 0 Å². The van der Waals surface area contributed by atoms with Crippen LogP contribution in [0.15, 0.2) is 10.4 Å². The average molecular weight is 323 g/mol. The maximum atomic E-state index is 12.5. The van der Waals surface area contributed by atoms with Crippen molar-refractivity contribution in [3.8, 4) is 11.3 Å². The molecule has 0 fully saturated rings. The van der Waals surface area contributed by atoms with E-state index in [1.54, 1.807) is 30.1 Å². The molecule has 0 bridgehead atoms. The lowest BCUT2D eigenvalue weighted by Gasteiger charge is -2.17. The number of hydroxylamine groups is 2. The fourth-order valence-corrected chi connectivity index (χ4v) is 4.77. The standard InChI is InChI=1S/C14H17N3O2S2/c1-16-11-8(7-15-16)5-6-9-10(11)14(20-4)21-12(9)13(18)17(2)19-3/h7H,5-6H2,1-4H3. The van der Waals surface area contributed by atoms with Gasteiger partial charge in [-0.3, -0.25) is 14.3 Å². The minimum Gasteiger partial charge on any atom is -0.274 e. The van der Waals surface area contributed by atoms with E-state index >= 15 is 0 Å². The summed E-state index contributed by atoms with van der Waals surface area (Å²) < 4.78 is 3.08. The van der Waals surface area contributed by atoms with E-state index in [2.05, 4.69) is 5.10 Å². The molecule has 1 aliphatic rings. The van der Waals surface area contributed by atoms with Crippen molar-refractivity contribution in [2.75, 3.05) is 20.4 Å². The summed E-state index contributed by atoms with van der Waals surface area (Å²) in [6.45, 7) is 0. The SMILES string of the molecule is CON(C)C(=O)c1sc(SC)c2c1CCc1cnn(C)c1-2. The van der Waals surface area contributed by atoms with Crippen molar-refractivity contribution in [3.05, 3.63) is 22.2 Å². The Balaban J connectivity index is 2.19. The fourth-order valence-electron chi connectivity index (χ4n) is 2.71. The van der Waals surface area contributed by atoms with Crippen LogP contribution in [0.5, 0.6) is 0 Å². The molecule has 0 saturated carbocycles. The molecule has 2 aromatic rings. The smallest absolute Gasteiger partial charge is 0.274 e. The number of carbonyl (C=O) groups is 1. The van der Waals surface area contributed by atoms with Gasteiger partial charge < -0.3 is 0 Å². The highest BCUT2D eigenvalue weighted by Crippen LogP contribution is 2.46. The van der Waals surface area contributed by atoms with E-state index < -0.39 is 0 Å². The third-order valence-corrected chi connectivity index (χ3v) is 6.15. The van der Waals surface area contributed by atoms with E-state index in [1.807, 2.05) is 24.2 Å². The second kappa shape index (κ2) is 5.47. The summed E-state index contributed by atoms with van der Waals surface area (Å²) in [5.74, 6) is -0.0790. The van der Waals surface area contributed by atoms with Gasteiger partial charge in [-0.15, -0.1) is 23.1 Å². The number of carbonyl (C=O) groups excluding carboxylic acids is 1. The van der Waals surface area contributed by atoms with Gasteiger partial charge in [0.25, 0.3) is 5.91 Å². The molecule has 0 N–H and O–H groups in total. The molecule has 0 atom stereocenters. The van der Waals surface area contributed by atoms with Crippen LogP contribution in [0.3, 0.4) is 0 Å². The van der Waals surface area contributed by atoms with Crippen LogP contribution in [0.25, 0.3) is 11.3 Å². The van der Waals surface area contributed by atoms with Crippen molar-refractivity contribution >= 4 is 29.0 Å². The third kappa shape index (κ3) is 2.20. The van der Waals surface area contributed by atoms with Crippen LogP contribution in [0.4, 0.5) is 0 Å². The van der Waals surface area contributed by atoms with E-state index in [0.29, 0.717) is 0 Å². The Labute approximate surface area is 131 Å². The van der Waals surface area contributed by atoms with Gasteiger partial charge in [-0.05, 0) is 30.2 Å². The topological polar surface area (TPSA) is 47.4 Å². The van der Waals surface area contributed by atoms with Crippen LogP contribution in [0.1, 0.15) is 20.8 Å². The van der Waals surface area contributed by atoms with Gasteiger partial charge in [-0.25, -0.2) is 5.06 Å². The van der Waals surface area contributed by atoms with E-state index in [1.165, 1.54) is 27.5 Å². The first-order valence-electron chi connectivity index (χ1n) is 6.61. The van der Waals surface area contributed by atoms with E-state index in [0.717, 1.165) is 29.0 Å². The number of thioether (sulfide) groups is 1. The van der Waals surface area contributed by atoms with E-state index in [-0.39, 0.29) is 5.91 Å². The van der Waals surface area contributed by atoms with Gasteiger partial charge in [0.05, 0.1) is 28.1 Å². The number of aryl methyl sites for hydroxylation is 2. The highest BCUT2D eigenvalue weighted by atomic mass is 32.2. The Kier molecular flexibility index (Phi) is 3.81. The summed E-state index contributed by atoms with van der Waals surface area (Å²) >= 11 is 3.24. The number of thiophene rings is 1. The maximum Gasteiger partial charge on any atom is 0.287 e. The molecular formula is C14H17N3O2S2. The molecule has 2 heterocycles. The lowest BCUT2D eigenvalue weighted by atomic mass is 9.92. The van der Waals surface area contributed by atoms with Crippen LogP contribution in [-0.4, -0.2) is 41.2 Å². The molecule has 7 heteroatoms. The molecular weight excluding hydrogens is 306 g/mol. The van der Waals surface area contributed by atoms with Gasteiger partial charge in [0.1, 0.15) is 0 Å². The Morgan fingerprint density at radius 2 is 2.29 bits per heavy atom. The first-order valence-corrected chi connectivity index (χ1v) is 8.65. The van der Waals surface area contributed by atoms with Crippen LogP contribution in [-0.2, 0) is 24.7 Å². The van der Waals surface area contributed by atoms with Gasteiger partial charge in [0.2, 0.25) is 0 Å². The molecule has 0 unspecified atom stereocenters. The summed E-state index contributed by atoms with van der Waals surface area (Å²) in [7, 11) is 5.11. The number of fused-ring (bicyclic) bond motifs is 3. The van der Waals surface area contributed by atoms with Gasteiger partial charge in [-0.1, -0.05) is 0 Å². The highest BCUT2D eigenvalue weighted by Gasteiger charge is 2.31. The number of rotatable bonds is 3. The highest BCUT2D eigenvalue weighted by molar-refractivity contribution is 8.00. The zero-order valence-electron chi connectivity index (χ0n) is 12.5. The predicted molar refractivity (Wildman–Crippen MR) is 84.8 cm³/mol. The lowest BCUT2D eigenvalue weighted by molar-refractivity contribution is -0.0754. The van der Waals surface area contributed by atoms with Gasteiger partial charge in [-0.2, -0.15) is 5.10 Å². The molecule has 21 heavy (non-hydrogen) atoms. The molecule has 1 amide bonds. The Bertz CT molecular complexity index is 705. The number of hydrogen-bond donors (Lipinski definition) is 0. The van der Waals surface area contributed by atoms with Crippen LogP contribution >= 0.6 is 23.1 Å². The minimum absolute atomic E-state index is 0.0790. The van der Waals surface area contributed by atoms with Crippen molar-refractivity contribution in [3.63, 3.8) is 0 Å². The second-order valence-corrected chi connectivity index (χ2v) is 7.00. The molecule has 0 radical (unpaired) electrons. The van der Waals surface area contributed by atoms with Crippen molar-refractivity contribution < 1.29 is 9.63 Å². The van der Waals surface area contributed by atoms with Crippen molar-refractivity contribution in [1.82, 2.24) is 14.8 Å². The first kappa shape index (κ1) is 14.6. The van der Waals surface area contributed by atoms with Crippen LogP contribution < -0.4 is 0 Å². The zero-order valence-corrected chi connectivity index (χ0v) is 14.1. The fraction of sp³-hybridized carbons (Fsp3) is 0.429. The summed E-state index contributed by atoms with van der Waals surface area (Å²) in [5, 5.41) is 5.66. The van der Waals surface area contributed by atoms with E-state index in [9.17, 15) is 4.79 Å². The van der Waals surface area contributed by atoms with Crippen molar-refractivity contribution in [2.24, 2.45) is 7.05 Å². The zero-order chi connectivity index (χ0) is 15.1. The summed E-state index contributed by atoms with van der Waals surface area (Å²) in [5.41, 5.74) is 4.73. The number of hydrogen-bond acceptors (Lipinski definition) is 5. The molecule has 0 saturated heterocycles. The Morgan fingerprint density at radius 3 is 2.95 bits per heavy atom. The second-order valence-electron chi connectivity index (χ2n) is 4.90. The van der Waals surface area contributed by atoms with E-state index in [4.69, 9.17) is 4.84 Å². The average Bonchev–Trinajstić information content (AvgIpc) is 3.06. The van der Waals surface area contributed by atoms with Crippen LogP contribution in [0, 0.1) is 0 Å². The third-order valence-electron chi connectivity index (χ3n) is 3.81. The molecule has 5 nitrogen and oxygen atoms in total. The summed E-state index contributed by atoms with van der Waals surface area (Å²) in [6, 6.07) is 0. The normalized spacial score (nSPS) is 13.0. The molecule has 1 aliphatic carbocycles. The maximum absolute atomic E-state index is 12.5. The predicted octanol–water partition coefficient (Wildman–Crippen LogP) is 2.60. The first-order chi connectivity index (χ1) is 10.1. The largest absolute Gasteiger partial charge is 0.287 e. The van der Waals surface area contributed by atoms with Crippen LogP contribution in [0.2, 0.25) is 0 Å². The molecule has 2 aromatic heterocycles. The Hall–Kier alpha value is -1.31. The molecule has 0 spiro atoms.